The number of hydrogen-bond acceptors (Lipinski definition) is 7. The predicted octanol–water partition coefficient (Wildman–Crippen LogP) is 7.31. The third-order valence-electron chi connectivity index (χ3n) is 6.17. The molecule has 0 radical (unpaired) electrons. The quantitative estimate of drug-likeness (QED) is 0.177. The molecule has 0 saturated carbocycles. The van der Waals surface area contributed by atoms with E-state index in [1.165, 1.54) is 0 Å². The molecule has 0 bridgehead atoms. The fourth-order valence-corrected chi connectivity index (χ4v) is 4.24. The van der Waals surface area contributed by atoms with Gasteiger partial charge in [-0.1, -0.05) is 0 Å². The monoisotopic (exact) mass is 502 g/mol. The summed E-state index contributed by atoms with van der Waals surface area (Å²) in [5.74, 6) is 7.20. The van der Waals surface area contributed by atoms with Crippen molar-refractivity contribution in [1.29, 1.82) is 0 Å². The Labute approximate surface area is 217 Å². The fraction of sp³-hybridized carbons (Fsp3) is 0.333. The highest BCUT2D eigenvalue weighted by Crippen LogP contribution is 2.35. The third kappa shape index (κ3) is 6.18. The number of aryl methyl sites for hydroxylation is 2. The lowest BCUT2D eigenvalue weighted by atomic mass is 10.2. The highest BCUT2D eigenvalue weighted by atomic mass is 16.4. The Bertz CT molecular complexity index is 1310. The van der Waals surface area contributed by atoms with Crippen LogP contribution in [0.15, 0.2) is 82.7 Å². The minimum Gasteiger partial charge on any atom is -0.458 e. The molecule has 0 spiro atoms. The van der Waals surface area contributed by atoms with Crippen LogP contribution in [0.2, 0.25) is 0 Å². The van der Waals surface area contributed by atoms with Crippen LogP contribution in [0.5, 0.6) is 0 Å². The summed E-state index contributed by atoms with van der Waals surface area (Å²) >= 11 is 0. The first kappa shape index (κ1) is 25.0. The predicted molar refractivity (Wildman–Crippen MR) is 143 cm³/mol. The van der Waals surface area contributed by atoms with Gasteiger partial charge in [0.1, 0.15) is 11.5 Å². The van der Waals surface area contributed by atoms with E-state index in [1.54, 1.807) is 0 Å². The average molecular weight is 503 g/mol. The fourth-order valence-electron chi connectivity index (χ4n) is 4.24. The molecule has 5 aromatic rings. The van der Waals surface area contributed by atoms with Crippen molar-refractivity contribution < 1.29 is 22.1 Å². The second kappa shape index (κ2) is 11.2. The highest BCUT2D eigenvalue weighted by Gasteiger charge is 2.17. The van der Waals surface area contributed by atoms with Crippen molar-refractivity contribution in [2.45, 2.75) is 25.7 Å². The zero-order chi connectivity index (χ0) is 25.8. The van der Waals surface area contributed by atoms with Gasteiger partial charge in [0.25, 0.3) is 0 Å². The zero-order valence-electron chi connectivity index (χ0n) is 22.0. The summed E-state index contributed by atoms with van der Waals surface area (Å²) in [5.41, 5.74) is 0. The lowest BCUT2D eigenvalue weighted by Crippen LogP contribution is -2.13. The molecule has 7 heteroatoms. The largest absolute Gasteiger partial charge is 0.458 e. The van der Waals surface area contributed by atoms with Crippen molar-refractivity contribution in [3.05, 3.63) is 72.2 Å². The minimum atomic E-state index is 0.623. The van der Waals surface area contributed by atoms with Crippen molar-refractivity contribution >= 4 is 0 Å². The molecule has 5 heterocycles. The number of hydrogen-bond donors (Lipinski definition) is 0. The van der Waals surface area contributed by atoms with Crippen LogP contribution in [0, 0.1) is 0 Å². The molecule has 0 aliphatic heterocycles. The van der Waals surface area contributed by atoms with E-state index in [0.29, 0.717) is 46.1 Å². The summed E-state index contributed by atoms with van der Waals surface area (Å²) in [5, 5.41) is 0. The van der Waals surface area contributed by atoms with Crippen molar-refractivity contribution in [3.63, 3.8) is 0 Å². The first-order valence-electron chi connectivity index (χ1n) is 12.7. The first-order chi connectivity index (χ1) is 17.9. The molecule has 0 aliphatic rings. The van der Waals surface area contributed by atoms with Crippen molar-refractivity contribution in [3.8, 4) is 46.1 Å². The van der Waals surface area contributed by atoms with Crippen LogP contribution >= 0.6 is 0 Å². The summed E-state index contributed by atoms with van der Waals surface area (Å²) in [6.45, 7) is 2.05. The minimum absolute atomic E-state index is 0.623. The van der Waals surface area contributed by atoms with Gasteiger partial charge in [-0.05, 0) is 115 Å². The molecule has 5 aromatic heterocycles. The molecule has 37 heavy (non-hydrogen) atoms. The van der Waals surface area contributed by atoms with E-state index in [9.17, 15) is 0 Å². The Morgan fingerprint density at radius 1 is 0.405 bits per heavy atom. The van der Waals surface area contributed by atoms with Gasteiger partial charge in [0.2, 0.25) is 0 Å². The number of furan rings is 5. The van der Waals surface area contributed by atoms with E-state index >= 15 is 0 Å². The number of nitrogens with zero attached hydrogens (tertiary/aromatic N) is 2. The van der Waals surface area contributed by atoms with Crippen molar-refractivity contribution in [1.82, 2.24) is 9.80 Å². The van der Waals surface area contributed by atoms with Crippen LogP contribution in [0.3, 0.4) is 0 Å². The van der Waals surface area contributed by atoms with Crippen LogP contribution in [0.4, 0.5) is 0 Å². The number of rotatable bonds is 12. The molecular formula is C30H34N2O5. The maximum Gasteiger partial charge on any atom is 0.170 e. The standard InChI is InChI=1S/C30H34N2O5/c1-31(2)19-5-7-21-9-11-23(33-21)25-13-15-27(35-25)29-17-18-30(37-29)28-16-14-26(36-28)24-12-10-22(34-24)8-6-20-32(3)4/h9-18H,5-8,19-20H2,1-4H3. The summed E-state index contributed by atoms with van der Waals surface area (Å²) in [6, 6.07) is 19.3. The average Bonchev–Trinajstić information content (AvgIpc) is 3.68. The molecule has 0 aromatic carbocycles. The topological polar surface area (TPSA) is 72.2 Å². The highest BCUT2D eigenvalue weighted by molar-refractivity contribution is 5.63. The van der Waals surface area contributed by atoms with Crippen molar-refractivity contribution in [2.75, 3.05) is 41.3 Å². The van der Waals surface area contributed by atoms with Crippen molar-refractivity contribution in [2.24, 2.45) is 0 Å². The summed E-state index contributed by atoms with van der Waals surface area (Å²) in [4.78, 5) is 4.34. The SMILES string of the molecule is CN(C)CCCc1ccc(-c2ccc(-c3ccc(-c4ccc(-c5ccc(CCCN(C)C)o5)o4)o3)o2)o1. The molecule has 0 fully saturated rings. The second-order valence-electron chi connectivity index (χ2n) is 9.84. The normalized spacial score (nSPS) is 11.8. The van der Waals surface area contributed by atoms with Crippen LogP contribution < -0.4 is 0 Å². The second-order valence-corrected chi connectivity index (χ2v) is 9.84. The van der Waals surface area contributed by atoms with E-state index in [-0.39, 0.29) is 0 Å². The molecule has 0 unspecified atom stereocenters. The zero-order valence-corrected chi connectivity index (χ0v) is 22.0. The van der Waals surface area contributed by atoms with E-state index < -0.39 is 0 Å². The van der Waals surface area contributed by atoms with Crippen LogP contribution in [-0.4, -0.2) is 51.1 Å². The van der Waals surface area contributed by atoms with E-state index in [1.807, 2.05) is 60.7 Å². The third-order valence-corrected chi connectivity index (χ3v) is 6.17. The van der Waals surface area contributed by atoms with Crippen LogP contribution in [-0.2, 0) is 12.8 Å². The van der Waals surface area contributed by atoms with Gasteiger partial charge in [-0.15, -0.1) is 0 Å². The van der Waals surface area contributed by atoms with E-state index in [2.05, 4.69) is 38.0 Å². The Kier molecular flexibility index (Phi) is 7.53. The molecular weight excluding hydrogens is 468 g/mol. The van der Waals surface area contributed by atoms with Crippen LogP contribution in [0.25, 0.3) is 46.1 Å². The van der Waals surface area contributed by atoms with Gasteiger partial charge in [0.05, 0.1) is 0 Å². The maximum absolute atomic E-state index is 6.06. The first-order valence-corrected chi connectivity index (χ1v) is 12.7. The van der Waals surface area contributed by atoms with E-state index in [0.717, 1.165) is 50.3 Å². The van der Waals surface area contributed by atoms with Gasteiger partial charge in [-0.25, -0.2) is 0 Å². The van der Waals surface area contributed by atoms with Gasteiger partial charge in [-0.2, -0.15) is 0 Å². The van der Waals surface area contributed by atoms with Crippen LogP contribution in [0.1, 0.15) is 24.4 Å². The molecule has 5 rings (SSSR count). The molecule has 0 atom stereocenters. The Morgan fingerprint density at radius 2 is 0.676 bits per heavy atom. The lowest BCUT2D eigenvalue weighted by Gasteiger charge is -2.07. The maximum atomic E-state index is 6.06. The van der Waals surface area contributed by atoms with Gasteiger partial charge in [0, 0.05) is 12.8 Å². The Hall–Kier alpha value is -3.68. The van der Waals surface area contributed by atoms with Gasteiger partial charge >= 0.3 is 0 Å². The molecule has 0 saturated heterocycles. The Balaban J connectivity index is 1.23. The summed E-state index contributed by atoms with van der Waals surface area (Å²) in [7, 11) is 8.30. The van der Waals surface area contributed by atoms with Gasteiger partial charge < -0.3 is 31.9 Å². The summed E-state index contributed by atoms with van der Waals surface area (Å²) < 4.78 is 30.1. The molecule has 194 valence electrons. The molecule has 0 aliphatic carbocycles. The molecule has 7 nitrogen and oxygen atoms in total. The van der Waals surface area contributed by atoms with Gasteiger partial charge in [0.15, 0.2) is 46.1 Å². The Morgan fingerprint density at radius 3 is 0.973 bits per heavy atom. The molecule has 0 N–H and O–H groups in total. The smallest absolute Gasteiger partial charge is 0.170 e. The van der Waals surface area contributed by atoms with E-state index in [4.69, 9.17) is 22.1 Å². The lowest BCUT2D eigenvalue weighted by molar-refractivity contribution is 0.389. The van der Waals surface area contributed by atoms with Gasteiger partial charge in [-0.3, -0.25) is 0 Å². The summed E-state index contributed by atoms with van der Waals surface area (Å²) in [6.07, 6.45) is 3.89. The molecule has 0 amide bonds.